The summed E-state index contributed by atoms with van der Waals surface area (Å²) in [5.74, 6) is -1.35. The highest BCUT2D eigenvalue weighted by molar-refractivity contribution is 5.98. The fourth-order valence-electron chi connectivity index (χ4n) is 3.41. The lowest BCUT2D eigenvalue weighted by molar-refractivity contribution is -0.119. The zero-order valence-corrected chi connectivity index (χ0v) is 20.3. The molecule has 0 radical (unpaired) electrons. The molecule has 1 atom stereocenters. The average Bonchev–Trinajstić information content (AvgIpc) is 3.63. The second kappa shape index (κ2) is 10.6. The first-order valence-electron chi connectivity index (χ1n) is 11.4. The van der Waals surface area contributed by atoms with E-state index < -0.39 is 29.6 Å². The first-order chi connectivity index (χ1) is 16.4. The maximum atomic E-state index is 13.0. The van der Waals surface area contributed by atoms with Crippen LogP contribution in [0.25, 0.3) is 0 Å². The van der Waals surface area contributed by atoms with Crippen LogP contribution in [-0.2, 0) is 20.7 Å². The monoisotopic (exact) mass is 481 g/mol. The van der Waals surface area contributed by atoms with Gasteiger partial charge >= 0.3 is 12.1 Å². The molecule has 9 nitrogen and oxygen atoms in total. The lowest BCUT2D eigenvalue weighted by atomic mass is 10.0. The van der Waals surface area contributed by atoms with E-state index >= 15 is 0 Å². The van der Waals surface area contributed by atoms with Crippen LogP contribution in [0.5, 0.6) is 0 Å². The number of carbonyl (C=O) groups is 4. The topological polar surface area (TPSA) is 125 Å². The van der Waals surface area contributed by atoms with Crippen LogP contribution in [0.15, 0.2) is 48.5 Å². The van der Waals surface area contributed by atoms with Gasteiger partial charge in [0.1, 0.15) is 11.6 Å². The summed E-state index contributed by atoms with van der Waals surface area (Å²) in [6, 6.07) is 12.0. The van der Waals surface area contributed by atoms with E-state index in [9.17, 15) is 19.2 Å². The van der Waals surface area contributed by atoms with E-state index in [2.05, 4.69) is 10.6 Å². The molecule has 3 N–H and O–H groups in total. The number of ether oxygens (including phenoxy) is 1. The van der Waals surface area contributed by atoms with Crippen molar-refractivity contribution in [2.45, 2.75) is 51.7 Å². The molecule has 2 aromatic carbocycles. The van der Waals surface area contributed by atoms with E-state index in [-0.39, 0.29) is 23.8 Å². The van der Waals surface area contributed by atoms with Crippen LogP contribution in [0.1, 0.15) is 49.5 Å². The molecule has 0 aromatic heterocycles. The van der Waals surface area contributed by atoms with Crippen LogP contribution in [0.3, 0.4) is 0 Å². The van der Waals surface area contributed by atoms with Crippen LogP contribution in [-0.4, -0.2) is 47.7 Å². The molecule has 0 spiro atoms. The number of aromatic carboxylic acids is 1. The first kappa shape index (κ1) is 25.7. The highest BCUT2D eigenvalue weighted by Crippen LogP contribution is 2.32. The first-order valence-corrected chi connectivity index (χ1v) is 11.4. The number of carboxylic acid groups (broad SMARTS) is 1. The van der Waals surface area contributed by atoms with Gasteiger partial charge in [-0.2, -0.15) is 0 Å². The number of hydrogen-bond acceptors (Lipinski definition) is 5. The third-order valence-electron chi connectivity index (χ3n) is 5.43. The van der Waals surface area contributed by atoms with E-state index in [4.69, 9.17) is 9.84 Å². The van der Waals surface area contributed by atoms with Crippen LogP contribution in [0.2, 0.25) is 0 Å². The Labute approximate surface area is 204 Å². The molecular weight excluding hydrogens is 450 g/mol. The summed E-state index contributed by atoms with van der Waals surface area (Å²) in [6.07, 6.45) is 1.30. The van der Waals surface area contributed by atoms with Crippen molar-refractivity contribution < 1.29 is 29.0 Å². The molecule has 35 heavy (non-hydrogen) atoms. The fourth-order valence-corrected chi connectivity index (χ4v) is 3.41. The molecule has 3 rings (SSSR count). The van der Waals surface area contributed by atoms with Crippen molar-refractivity contribution in [3.8, 4) is 0 Å². The van der Waals surface area contributed by atoms with Gasteiger partial charge in [-0.3, -0.25) is 9.59 Å². The number of carbonyl (C=O) groups excluding carboxylic acids is 3. The number of nitrogens with zero attached hydrogens (tertiary/aromatic N) is 1. The highest BCUT2D eigenvalue weighted by Gasteiger charge is 2.32. The van der Waals surface area contributed by atoms with E-state index in [1.165, 1.54) is 24.3 Å². The van der Waals surface area contributed by atoms with Gasteiger partial charge in [0.25, 0.3) is 0 Å². The predicted octanol–water partition coefficient (Wildman–Crippen LogP) is 3.83. The minimum atomic E-state index is -1.07. The molecule has 2 aromatic rings. The van der Waals surface area contributed by atoms with Gasteiger partial charge in [-0.1, -0.05) is 12.1 Å². The Balaban J connectivity index is 1.73. The van der Waals surface area contributed by atoms with Gasteiger partial charge in [0, 0.05) is 30.8 Å². The Bertz CT molecular complexity index is 1090. The molecule has 0 bridgehead atoms. The van der Waals surface area contributed by atoms with Crippen molar-refractivity contribution in [2.75, 3.05) is 17.3 Å². The van der Waals surface area contributed by atoms with Crippen molar-refractivity contribution in [2.24, 2.45) is 5.92 Å². The molecule has 0 saturated heterocycles. The Hall–Kier alpha value is -3.88. The predicted molar refractivity (Wildman–Crippen MR) is 131 cm³/mol. The summed E-state index contributed by atoms with van der Waals surface area (Å²) in [4.78, 5) is 50.4. The third-order valence-corrected chi connectivity index (χ3v) is 5.43. The number of nitrogens with one attached hydrogen (secondary N) is 2. The highest BCUT2D eigenvalue weighted by atomic mass is 16.6. The molecule has 186 valence electrons. The van der Waals surface area contributed by atoms with Gasteiger partial charge in [0.15, 0.2) is 0 Å². The van der Waals surface area contributed by atoms with Gasteiger partial charge in [-0.25, -0.2) is 9.59 Å². The van der Waals surface area contributed by atoms with Crippen molar-refractivity contribution >= 4 is 35.3 Å². The van der Waals surface area contributed by atoms with Crippen molar-refractivity contribution in [1.29, 1.82) is 0 Å². The second-order valence-corrected chi connectivity index (χ2v) is 9.61. The van der Waals surface area contributed by atoms with Gasteiger partial charge in [0.2, 0.25) is 11.8 Å². The van der Waals surface area contributed by atoms with Crippen LogP contribution in [0, 0.1) is 5.92 Å². The summed E-state index contributed by atoms with van der Waals surface area (Å²) in [7, 11) is 1.74. The van der Waals surface area contributed by atoms with E-state index in [1.54, 1.807) is 32.7 Å². The van der Waals surface area contributed by atoms with E-state index in [0.29, 0.717) is 5.69 Å². The SMILES string of the molecule is CN(C(=O)C1CC1)c1ccc(C[C@H](NC(=O)OC(C)(C)C)C(=O)Nc2ccc(C(=O)O)cc2)cc1. The number of alkyl carbamates (subject to hydrolysis) is 1. The molecule has 0 aliphatic heterocycles. The minimum absolute atomic E-state index is 0.0931. The van der Waals surface area contributed by atoms with E-state index in [1.807, 2.05) is 24.3 Å². The summed E-state index contributed by atoms with van der Waals surface area (Å²) < 4.78 is 5.31. The number of benzene rings is 2. The zero-order chi connectivity index (χ0) is 25.8. The Morgan fingerprint density at radius 2 is 1.63 bits per heavy atom. The Morgan fingerprint density at radius 1 is 1.03 bits per heavy atom. The second-order valence-electron chi connectivity index (χ2n) is 9.61. The standard InChI is InChI=1S/C26H31N3O6/c1-26(2,3)35-25(34)28-21(22(30)27-19-11-9-18(10-12-19)24(32)33)15-16-5-13-20(14-6-16)29(4)23(31)17-7-8-17/h5-6,9-14,17,21H,7-8,15H2,1-4H3,(H,27,30)(H,28,34)(H,32,33)/t21-/m0/s1. The van der Waals surface area contributed by atoms with Crippen LogP contribution in [0.4, 0.5) is 16.2 Å². The van der Waals surface area contributed by atoms with Crippen molar-refractivity contribution in [1.82, 2.24) is 5.32 Å². The molecule has 1 aliphatic carbocycles. The van der Waals surface area contributed by atoms with Crippen LogP contribution < -0.4 is 15.5 Å². The molecule has 1 fully saturated rings. The molecular formula is C26H31N3O6. The number of carboxylic acids is 1. The lowest BCUT2D eigenvalue weighted by Crippen LogP contribution is -2.47. The average molecular weight is 482 g/mol. The summed E-state index contributed by atoms with van der Waals surface area (Å²) >= 11 is 0. The van der Waals surface area contributed by atoms with Gasteiger partial charge in [-0.05, 0) is 75.6 Å². The normalized spacial score (nSPS) is 13.9. The molecule has 1 aliphatic rings. The minimum Gasteiger partial charge on any atom is -0.478 e. The molecule has 9 heteroatoms. The maximum Gasteiger partial charge on any atom is 0.408 e. The summed E-state index contributed by atoms with van der Waals surface area (Å²) in [5, 5.41) is 14.4. The molecule has 0 heterocycles. The Kier molecular flexibility index (Phi) is 7.78. The Morgan fingerprint density at radius 3 is 2.14 bits per heavy atom. The summed E-state index contributed by atoms with van der Waals surface area (Å²) in [6.45, 7) is 5.18. The van der Waals surface area contributed by atoms with E-state index in [0.717, 1.165) is 24.1 Å². The molecule has 1 saturated carbocycles. The molecule has 3 amide bonds. The smallest absolute Gasteiger partial charge is 0.408 e. The number of hydrogen-bond donors (Lipinski definition) is 3. The fraction of sp³-hybridized carbons (Fsp3) is 0.385. The molecule has 0 unspecified atom stereocenters. The van der Waals surface area contributed by atoms with Gasteiger partial charge in [-0.15, -0.1) is 0 Å². The number of amides is 3. The number of anilines is 2. The summed E-state index contributed by atoms with van der Waals surface area (Å²) in [5.41, 5.74) is 1.28. The van der Waals surface area contributed by atoms with Gasteiger partial charge < -0.3 is 25.4 Å². The lowest BCUT2D eigenvalue weighted by Gasteiger charge is -2.24. The maximum absolute atomic E-state index is 13.0. The van der Waals surface area contributed by atoms with Crippen LogP contribution >= 0.6 is 0 Å². The third kappa shape index (κ3) is 7.56. The van der Waals surface area contributed by atoms with Crippen molar-refractivity contribution in [3.05, 3.63) is 59.7 Å². The quantitative estimate of drug-likeness (QED) is 0.526. The van der Waals surface area contributed by atoms with Crippen molar-refractivity contribution in [3.63, 3.8) is 0 Å². The number of rotatable bonds is 8. The zero-order valence-electron chi connectivity index (χ0n) is 20.3. The largest absolute Gasteiger partial charge is 0.478 e. The van der Waals surface area contributed by atoms with Gasteiger partial charge in [0.05, 0.1) is 5.56 Å².